The monoisotopic (exact) mass is 420 g/mol. The zero-order chi connectivity index (χ0) is 21.7. The highest BCUT2D eigenvalue weighted by Gasteiger charge is 2.43. The summed E-state index contributed by atoms with van der Waals surface area (Å²) in [6.07, 6.45) is 5.88. The predicted molar refractivity (Wildman–Crippen MR) is 130 cm³/mol. The highest BCUT2D eigenvalue weighted by molar-refractivity contribution is 6.02. The predicted octanol–water partition coefficient (Wildman–Crippen LogP) is 7.02. The van der Waals surface area contributed by atoms with Crippen LogP contribution in [-0.4, -0.2) is 21.8 Å². The molecule has 6 rings (SSSR count). The molecule has 32 heavy (non-hydrogen) atoms. The summed E-state index contributed by atoms with van der Waals surface area (Å²) in [5.41, 5.74) is 7.90. The molecule has 160 valence electrons. The standard InChI is InChI=1S/C29H28N2O/c1-19-15-17-20(18-16-19)27-26(24-13-7-8-14-25(24)30-27)28-22-11-5-6-12-23(22)29(32)31(28)21-9-3-2-4-10-21/h5-8,11-18,21,28,30H,2-4,9-10H2,1H3/t28-/m1/s1. The average Bonchev–Trinajstić information content (AvgIpc) is 3.35. The van der Waals surface area contributed by atoms with Gasteiger partial charge in [0.05, 0.1) is 11.7 Å². The van der Waals surface area contributed by atoms with E-state index in [1.165, 1.54) is 41.3 Å². The maximum absolute atomic E-state index is 13.7. The number of benzene rings is 3. The molecule has 0 radical (unpaired) electrons. The first kappa shape index (κ1) is 19.4. The fourth-order valence-corrected chi connectivity index (χ4v) is 5.76. The Bertz CT molecular complexity index is 1290. The lowest BCUT2D eigenvalue weighted by atomic mass is 9.89. The number of H-pyrrole nitrogens is 1. The minimum atomic E-state index is -0.0609. The van der Waals surface area contributed by atoms with E-state index in [2.05, 4.69) is 77.5 Å². The third-order valence-corrected chi connectivity index (χ3v) is 7.33. The summed E-state index contributed by atoms with van der Waals surface area (Å²) in [6.45, 7) is 2.12. The number of amides is 1. The second-order valence-electron chi connectivity index (χ2n) is 9.32. The number of carbonyl (C=O) groups is 1. The number of aromatic nitrogens is 1. The molecule has 1 atom stereocenters. The Morgan fingerprint density at radius 3 is 2.38 bits per heavy atom. The van der Waals surface area contributed by atoms with Crippen LogP contribution in [-0.2, 0) is 0 Å². The molecule has 3 nitrogen and oxygen atoms in total. The summed E-state index contributed by atoms with van der Waals surface area (Å²) >= 11 is 0. The Balaban J connectivity index is 1.61. The second kappa shape index (κ2) is 7.67. The van der Waals surface area contributed by atoms with E-state index in [4.69, 9.17) is 0 Å². The fraction of sp³-hybridized carbons (Fsp3) is 0.276. The molecule has 4 aromatic rings. The lowest BCUT2D eigenvalue weighted by molar-refractivity contribution is 0.0614. The van der Waals surface area contributed by atoms with Gasteiger partial charge in [-0.15, -0.1) is 0 Å². The van der Waals surface area contributed by atoms with Crippen molar-refractivity contribution in [3.8, 4) is 11.3 Å². The van der Waals surface area contributed by atoms with Gasteiger partial charge in [-0.3, -0.25) is 4.79 Å². The summed E-state index contributed by atoms with van der Waals surface area (Å²) in [5.74, 6) is 0.192. The van der Waals surface area contributed by atoms with E-state index >= 15 is 0 Å². The Kier molecular flexibility index (Phi) is 4.64. The molecule has 1 N–H and O–H groups in total. The first-order valence-corrected chi connectivity index (χ1v) is 11.8. The molecule has 0 saturated heterocycles. The molecule has 0 unspecified atom stereocenters. The number of hydrogen-bond acceptors (Lipinski definition) is 1. The Morgan fingerprint density at radius 1 is 0.844 bits per heavy atom. The minimum absolute atomic E-state index is 0.0609. The topological polar surface area (TPSA) is 36.1 Å². The van der Waals surface area contributed by atoms with Crippen molar-refractivity contribution in [3.05, 3.63) is 95.1 Å². The molecule has 2 heterocycles. The maximum atomic E-state index is 13.7. The van der Waals surface area contributed by atoms with Crippen LogP contribution in [0.25, 0.3) is 22.2 Å². The van der Waals surface area contributed by atoms with Crippen molar-refractivity contribution in [3.63, 3.8) is 0 Å². The third-order valence-electron chi connectivity index (χ3n) is 7.33. The summed E-state index contributed by atoms with van der Waals surface area (Å²) in [4.78, 5) is 19.7. The Morgan fingerprint density at radius 2 is 1.56 bits per heavy atom. The van der Waals surface area contributed by atoms with Gasteiger partial charge in [0.2, 0.25) is 0 Å². The van der Waals surface area contributed by atoms with Crippen LogP contribution in [0.4, 0.5) is 0 Å². The van der Waals surface area contributed by atoms with Gasteiger partial charge in [-0.2, -0.15) is 0 Å². The van der Waals surface area contributed by atoms with Gasteiger partial charge in [-0.05, 0) is 43.0 Å². The molecule has 3 aromatic carbocycles. The number of nitrogens with zero attached hydrogens (tertiary/aromatic N) is 1. The van der Waals surface area contributed by atoms with Gasteiger partial charge < -0.3 is 9.88 Å². The molecule has 1 fully saturated rings. The summed E-state index contributed by atoms with van der Waals surface area (Å²) in [6, 6.07) is 25.7. The van der Waals surface area contributed by atoms with Crippen molar-refractivity contribution in [2.45, 2.75) is 51.1 Å². The second-order valence-corrected chi connectivity index (χ2v) is 9.32. The van der Waals surface area contributed by atoms with Crippen molar-refractivity contribution in [2.24, 2.45) is 0 Å². The van der Waals surface area contributed by atoms with Gasteiger partial charge in [-0.1, -0.05) is 85.5 Å². The molecular formula is C29H28N2O. The minimum Gasteiger partial charge on any atom is -0.354 e. The number of para-hydroxylation sites is 1. The van der Waals surface area contributed by atoms with E-state index in [-0.39, 0.29) is 11.9 Å². The highest BCUT2D eigenvalue weighted by atomic mass is 16.2. The number of fused-ring (bicyclic) bond motifs is 2. The van der Waals surface area contributed by atoms with Gasteiger partial charge in [-0.25, -0.2) is 0 Å². The zero-order valence-corrected chi connectivity index (χ0v) is 18.5. The number of nitrogens with one attached hydrogen (secondary N) is 1. The van der Waals surface area contributed by atoms with Crippen molar-refractivity contribution in [1.29, 1.82) is 0 Å². The van der Waals surface area contributed by atoms with E-state index in [1.807, 2.05) is 12.1 Å². The highest BCUT2D eigenvalue weighted by Crippen LogP contribution is 2.47. The van der Waals surface area contributed by atoms with Crippen LogP contribution in [0.15, 0.2) is 72.8 Å². The third kappa shape index (κ3) is 2.99. The van der Waals surface area contributed by atoms with E-state index in [0.29, 0.717) is 6.04 Å². The Labute approximate surface area is 189 Å². The van der Waals surface area contributed by atoms with Crippen LogP contribution in [0.3, 0.4) is 0 Å². The molecule has 1 saturated carbocycles. The first-order valence-electron chi connectivity index (χ1n) is 11.8. The molecule has 3 heteroatoms. The summed E-state index contributed by atoms with van der Waals surface area (Å²) in [5, 5.41) is 1.21. The zero-order valence-electron chi connectivity index (χ0n) is 18.5. The molecule has 1 aromatic heterocycles. The van der Waals surface area contributed by atoms with Gasteiger partial charge >= 0.3 is 0 Å². The smallest absolute Gasteiger partial charge is 0.255 e. The molecular weight excluding hydrogens is 392 g/mol. The lowest BCUT2D eigenvalue weighted by Crippen LogP contribution is -2.40. The molecule has 0 spiro atoms. The van der Waals surface area contributed by atoms with E-state index in [0.717, 1.165) is 35.2 Å². The number of carbonyl (C=O) groups excluding carboxylic acids is 1. The van der Waals surface area contributed by atoms with Gasteiger partial charge in [0.15, 0.2) is 0 Å². The Hall–Kier alpha value is -3.33. The number of aromatic amines is 1. The largest absolute Gasteiger partial charge is 0.354 e. The van der Waals surface area contributed by atoms with Gasteiger partial charge in [0, 0.05) is 28.1 Å². The summed E-state index contributed by atoms with van der Waals surface area (Å²) < 4.78 is 0. The number of rotatable bonds is 3. The number of hydrogen-bond donors (Lipinski definition) is 1. The van der Waals surface area contributed by atoms with E-state index < -0.39 is 0 Å². The normalized spacial score (nSPS) is 19.0. The maximum Gasteiger partial charge on any atom is 0.255 e. The average molecular weight is 421 g/mol. The summed E-state index contributed by atoms with van der Waals surface area (Å²) in [7, 11) is 0. The van der Waals surface area contributed by atoms with E-state index in [9.17, 15) is 4.79 Å². The first-order chi connectivity index (χ1) is 15.7. The van der Waals surface area contributed by atoms with Crippen LogP contribution >= 0.6 is 0 Å². The van der Waals surface area contributed by atoms with Crippen molar-refractivity contribution in [1.82, 2.24) is 9.88 Å². The molecule has 1 aliphatic heterocycles. The van der Waals surface area contributed by atoms with E-state index in [1.54, 1.807) is 0 Å². The molecule has 1 amide bonds. The SMILES string of the molecule is Cc1ccc(-c2[nH]c3ccccc3c2[C@H]2c3ccccc3C(=O)N2C2CCCCC2)cc1. The number of aryl methyl sites for hydroxylation is 1. The van der Waals surface area contributed by atoms with Crippen LogP contribution in [0, 0.1) is 6.92 Å². The van der Waals surface area contributed by atoms with Gasteiger partial charge in [0.25, 0.3) is 5.91 Å². The van der Waals surface area contributed by atoms with Gasteiger partial charge in [0.1, 0.15) is 0 Å². The molecule has 1 aliphatic carbocycles. The molecule has 2 aliphatic rings. The van der Waals surface area contributed by atoms with Crippen LogP contribution < -0.4 is 0 Å². The quantitative estimate of drug-likeness (QED) is 0.380. The fourth-order valence-electron chi connectivity index (χ4n) is 5.76. The van der Waals surface area contributed by atoms with Crippen LogP contribution in [0.5, 0.6) is 0 Å². The van der Waals surface area contributed by atoms with Crippen LogP contribution in [0.2, 0.25) is 0 Å². The van der Waals surface area contributed by atoms with Crippen molar-refractivity contribution >= 4 is 16.8 Å². The lowest BCUT2D eigenvalue weighted by Gasteiger charge is -2.36. The molecule has 0 bridgehead atoms. The van der Waals surface area contributed by atoms with Crippen molar-refractivity contribution < 1.29 is 4.79 Å². The van der Waals surface area contributed by atoms with Crippen LogP contribution in [0.1, 0.15) is 65.2 Å². The van der Waals surface area contributed by atoms with Crippen molar-refractivity contribution in [2.75, 3.05) is 0 Å².